The summed E-state index contributed by atoms with van der Waals surface area (Å²) >= 11 is 0. The van der Waals surface area contributed by atoms with E-state index in [2.05, 4.69) is 4.63 Å². The van der Waals surface area contributed by atoms with E-state index in [1.165, 1.54) is 24.3 Å². The van der Waals surface area contributed by atoms with E-state index in [1.807, 2.05) is 0 Å². The SMILES string of the molecule is O=c1[nH]o[n+]([O-])c1S(=O)(=O)c1ccccc1. The summed E-state index contributed by atoms with van der Waals surface area (Å²) in [7, 11) is -4.14. The van der Waals surface area contributed by atoms with Crippen LogP contribution in [0.15, 0.2) is 49.7 Å². The highest BCUT2D eigenvalue weighted by Gasteiger charge is 2.31. The summed E-state index contributed by atoms with van der Waals surface area (Å²) in [5.41, 5.74) is -1.08. The number of benzene rings is 1. The fourth-order valence-electron chi connectivity index (χ4n) is 1.18. The Hall–Kier alpha value is -2.09. The van der Waals surface area contributed by atoms with Gasteiger partial charge in [-0.1, -0.05) is 18.2 Å². The Morgan fingerprint density at radius 1 is 1.25 bits per heavy atom. The van der Waals surface area contributed by atoms with Gasteiger partial charge in [-0.05, 0) is 17.0 Å². The lowest BCUT2D eigenvalue weighted by atomic mass is 10.4. The van der Waals surface area contributed by atoms with E-state index in [0.717, 1.165) is 0 Å². The summed E-state index contributed by atoms with van der Waals surface area (Å²) in [5, 5.41) is 11.7. The predicted molar refractivity (Wildman–Crippen MR) is 50.2 cm³/mol. The van der Waals surface area contributed by atoms with Crippen LogP contribution in [0.3, 0.4) is 0 Å². The van der Waals surface area contributed by atoms with Crippen molar-refractivity contribution in [2.75, 3.05) is 0 Å². The summed E-state index contributed by atoms with van der Waals surface area (Å²) in [5.74, 6) is 0. The Morgan fingerprint density at radius 2 is 1.88 bits per heavy atom. The number of aromatic nitrogens is 2. The average Bonchev–Trinajstić information content (AvgIpc) is 2.60. The second kappa shape index (κ2) is 3.49. The van der Waals surface area contributed by atoms with Crippen molar-refractivity contribution in [1.29, 1.82) is 0 Å². The fraction of sp³-hybridized carbons (Fsp3) is 0. The molecule has 1 aromatic carbocycles. The number of hydrogen-bond acceptors (Lipinski definition) is 5. The van der Waals surface area contributed by atoms with Gasteiger partial charge in [0.05, 0.1) is 4.90 Å². The maximum atomic E-state index is 11.8. The summed E-state index contributed by atoms with van der Waals surface area (Å²) in [6.45, 7) is 0. The zero-order valence-corrected chi connectivity index (χ0v) is 8.60. The lowest BCUT2D eigenvalue weighted by Crippen LogP contribution is -2.34. The van der Waals surface area contributed by atoms with Crippen molar-refractivity contribution in [3.8, 4) is 0 Å². The molecule has 0 aliphatic carbocycles. The van der Waals surface area contributed by atoms with Gasteiger partial charge in [-0.2, -0.15) is 0 Å². The van der Waals surface area contributed by atoms with Crippen molar-refractivity contribution in [3.63, 3.8) is 0 Å². The second-order valence-corrected chi connectivity index (χ2v) is 4.77. The Morgan fingerprint density at radius 3 is 2.38 bits per heavy atom. The third kappa shape index (κ3) is 1.48. The smallest absolute Gasteiger partial charge is 0.358 e. The minimum Gasteiger partial charge on any atom is -0.358 e. The van der Waals surface area contributed by atoms with Gasteiger partial charge in [0.15, 0.2) is 0 Å². The second-order valence-electron chi connectivity index (χ2n) is 2.90. The topological polar surface area (TPSA) is 107 Å². The van der Waals surface area contributed by atoms with E-state index in [4.69, 9.17) is 0 Å². The molecule has 7 nitrogen and oxygen atoms in total. The minimum absolute atomic E-state index is 0.147. The molecule has 0 spiro atoms. The van der Waals surface area contributed by atoms with Crippen LogP contribution in [0.5, 0.6) is 0 Å². The highest BCUT2D eigenvalue weighted by atomic mass is 32.2. The molecule has 0 saturated heterocycles. The van der Waals surface area contributed by atoms with E-state index in [0.29, 0.717) is 0 Å². The van der Waals surface area contributed by atoms with Gasteiger partial charge in [0.1, 0.15) is 0 Å². The van der Waals surface area contributed by atoms with Gasteiger partial charge in [-0.25, -0.2) is 13.2 Å². The predicted octanol–water partition coefficient (Wildman–Crippen LogP) is -0.566. The third-order valence-corrected chi connectivity index (χ3v) is 3.63. The maximum Gasteiger partial charge on any atom is 0.411 e. The number of aromatic amines is 1. The Labute approximate surface area is 89.4 Å². The number of nitrogens with zero attached hydrogens (tertiary/aromatic N) is 1. The molecular formula is C8H6N2O5S. The molecule has 0 fully saturated rings. The molecule has 0 bridgehead atoms. The molecule has 8 heteroatoms. The van der Waals surface area contributed by atoms with Crippen LogP contribution in [0.1, 0.15) is 0 Å². The molecule has 0 aliphatic heterocycles. The zero-order chi connectivity index (χ0) is 11.8. The largest absolute Gasteiger partial charge is 0.411 e. The minimum atomic E-state index is -4.14. The molecule has 0 amide bonds. The van der Waals surface area contributed by atoms with Gasteiger partial charge in [-0.15, -0.1) is 5.16 Å². The van der Waals surface area contributed by atoms with Crippen LogP contribution < -0.4 is 10.5 Å². The van der Waals surface area contributed by atoms with E-state index in [-0.39, 0.29) is 9.80 Å². The van der Waals surface area contributed by atoms with Crippen LogP contribution in [0, 0.1) is 5.21 Å². The molecule has 1 N–H and O–H groups in total. The van der Waals surface area contributed by atoms with Crippen LogP contribution in [0.2, 0.25) is 0 Å². The highest BCUT2D eigenvalue weighted by molar-refractivity contribution is 7.91. The normalized spacial score (nSPS) is 11.5. The number of H-pyrrole nitrogens is 1. The molecule has 2 rings (SSSR count). The van der Waals surface area contributed by atoms with Gasteiger partial charge in [0.2, 0.25) is 0 Å². The summed E-state index contributed by atoms with van der Waals surface area (Å²) < 4.78 is 27.7. The van der Waals surface area contributed by atoms with Gasteiger partial charge in [0, 0.05) is 0 Å². The molecule has 0 aliphatic rings. The van der Waals surface area contributed by atoms with E-state index in [9.17, 15) is 18.4 Å². The molecule has 1 heterocycles. The Bertz CT molecular complexity index is 655. The van der Waals surface area contributed by atoms with Gasteiger partial charge in [-0.3, -0.25) is 4.63 Å². The maximum absolute atomic E-state index is 11.8. The molecule has 1 aromatic heterocycles. The molecule has 0 atom stereocenters. The molecule has 84 valence electrons. The molecular weight excluding hydrogens is 236 g/mol. The first-order chi connectivity index (χ1) is 7.53. The van der Waals surface area contributed by atoms with Crippen LogP contribution in [-0.4, -0.2) is 13.6 Å². The quantitative estimate of drug-likeness (QED) is 0.710. The van der Waals surface area contributed by atoms with Crippen LogP contribution in [0.4, 0.5) is 0 Å². The van der Waals surface area contributed by atoms with Crippen molar-refractivity contribution in [3.05, 3.63) is 45.9 Å². The van der Waals surface area contributed by atoms with E-state index < -0.39 is 20.4 Å². The summed E-state index contributed by atoms with van der Waals surface area (Å²) in [6, 6.07) is 7.14. The first-order valence-corrected chi connectivity index (χ1v) is 5.63. The first-order valence-electron chi connectivity index (χ1n) is 4.15. The van der Waals surface area contributed by atoms with E-state index in [1.54, 1.807) is 11.2 Å². The van der Waals surface area contributed by atoms with Gasteiger partial charge in [0.25, 0.3) is 9.84 Å². The zero-order valence-electron chi connectivity index (χ0n) is 7.78. The van der Waals surface area contributed by atoms with Crippen molar-refractivity contribution in [1.82, 2.24) is 5.16 Å². The van der Waals surface area contributed by atoms with E-state index >= 15 is 0 Å². The van der Waals surface area contributed by atoms with Gasteiger partial charge < -0.3 is 5.21 Å². The number of rotatable bonds is 2. The van der Waals surface area contributed by atoms with Crippen molar-refractivity contribution < 1.29 is 17.9 Å². The Kier molecular flexibility index (Phi) is 2.27. The highest BCUT2D eigenvalue weighted by Crippen LogP contribution is 2.14. The third-order valence-electron chi connectivity index (χ3n) is 1.89. The lowest BCUT2D eigenvalue weighted by Gasteiger charge is -1.98. The lowest BCUT2D eigenvalue weighted by molar-refractivity contribution is -0.832. The fourth-order valence-corrected chi connectivity index (χ4v) is 2.44. The number of sulfone groups is 1. The van der Waals surface area contributed by atoms with Crippen molar-refractivity contribution in [2.24, 2.45) is 0 Å². The summed E-state index contributed by atoms with van der Waals surface area (Å²) in [6.07, 6.45) is 0. The standard InChI is InChI=1S/C8H6N2O5S/c11-7-8(10(12)15-9-7)16(13,14)6-4-2-1-3-5-6/h1-5H,(H,9,11). The number of hydrogen-bond donors (Lipinski definition) is 1. The van der Waals surface area contributed by atoms with Crippen LogP contribution >= 0.6 is 0 Å². The van der Waals surface area contributed by atoms with Crippen LogP contribution in [0.25, 0.3) is 0 Å². The molecule has 16 heavy (non-hydrogen) atoms. The van der Waals surface area contributed by atoms with Crippen molar-refractivity contribution in [2.45, 2.75) is 9.92 Å². The van der Waals surface area contributed by atoms with Gasteiger partial charge >= 0.3 is 10.6 Å². The van der Waals surface area contributed by atoms with Crippen LogP contribution in [-0.2, 0) is 9.84 Å². The molecule has 2 aromatic rings. The van der Waals surface area contributed by atoms with Crippen molar-refractivity contribution >= 4 is 9.84 Å². The molecule has 0 radical (unpaired) electrons. The first kappa shape index (κ1) is 10.4. The average molecular weight is 242 g/mol. The molecule has 0 saturated carbocycles. The molecule has 0 unspecified atom stereocenters. The monoisotopic (exact) mass is 242 g/mol. The summed E-state index contributed by atoms with van der Waals surface area (Å²) in [4.78, 5) is 10.6. The Balaban J connectivity index is 2.71. The number of nitrogens with one attached hydrogen (secondary N) is 1.